The Morgan fingerprint density at radius 3 is 2.96 bits per heavy atom. The maximum absolute atomic E-state index is 12.3. The minimum absolute atomic E-state index is 0.0365. The fourth-order valence-corrected chi connectivity index (χ4v) is 2.85. The molecule has 1 aromatic carbocycles. The molecule has 0 saturated heterocycles. The minimum atomic E-state index is -0.519. The average Bonchev–Trinajstić information content (AvgIpc) is 3.01. The lowest BCUT2D eigenvalue weighted by atomic mass is 10.2. The molecule has 0 unspecified atom stereocenters. The quantitative estimate of drug-likeness (QED) is 0.584. The summed E-state index contributed by atoms with van der Waals surface area (Å²) >= 11 is 1.33. The Balaban J connectivity index is 1.83. The molecular weight excluding hydrogens is 324 g/mol. The Morgan fingerprint density at radius 1 is 1.38 bits per heavy atom. The molecule has 0 bridgehead atoms. The lowest BCUT2D eigenvalue weighted by molar-refractivity contribution is -0.112. The molecule has 0 aliphatic carbocycles. The molecule has 1 N–H and O–H groups in total. The highest BCUT2D eigenvalue weighted by Crippen LogP contribution is 2.29. The Kier molecular flexibility index (Phi) is 4.50. The van der Waals surface area contributed by atoms with Crippen molar-refractivity contribution in [2.75, 3.05) is 12.4 Å². The number of nitrogens with zero attached hydrogens (tertiary/aromatic N) is 3. The highest BCUT2D eigenvalue weighted by molar-refractivity contribution is 7.22. The summed E-state index contributed by atoms with van der Waals surface area (Å²) in [6, 6.07) is 12.6. The maximum Gasteiger partial charge on any atom is 0.268 e. The first-order valence-electron chi connectivity index (χ1n) is 6.98. The van der Waals surface area contributed by atoms with E-state index in [0.717, 1.165) is 10.2 Å². The van der Waals surface area contributed by atoms with Crippen LogP contribution in [0.3, 0.4) is 0 Å². The first-order chi connectivity index (χ1) is 11.7. The van der Waals surface area contributed by atoms with E-state index in [2.05, 4.69) is 15.3 Å². The number of methoxy groups -OCH3 is 1. The molecule has 7 heteroatoms. The molecule has 0 spiro atoms. The number of aromatic nitrogens is 2. The summed E-state index contributed by atoms with van der Waals surface area (Å²) in [4.78, 5) is 20.7. The molecule has 0 aliphatic rings. The van der Waals surface area contributed by atoms with E-state index in [-0.39, 0.29) is 5.57 Å². The first kappa shape index (κ1) is 15.6. The number of benzene rings is 1. The molecule has 3 rings (SSSR count). The first-order valence-corrected chi connectivity index (χ1v) is 7.80. The van der Waals surface area contributed by atoms with Crippen molar-refractivity contribution >= 4 is 38.7 Å². The number of rotatable bonds is 4. The van der Waals surface area contributed by atoms with Crippen LogP contribution < -0.4 is 10.1 Å². The summed E-state index contributed by atoms with van der Waals surface area (Å²) in [6.45, 7) is 0. The van der Waals surface area contributed by atoms with Crippen LogP contribution in [0.1, 0.15) is 5.69 Å². The van der Waals surface area contributed by atoms with E-state index in [1.54, 1.807) is 37.6 Å². The standard InChI is InChI=1S/C17H12N4O2S/c1-23-13-5-6-15-14(9-13)20-17(24-15)21-16(22)11(10-18)8-12-4-2-3-7-19-12/h2-9H,1H3,(H,20,21,22)/b11-8+. The number of amides is 1. The van der Waals surface area contributed by atoms with Crippen molar-refractivity contribution in [1.82, 2.24) is 9.97 Å². The number of ether oxygens (including phenoxy) is 1. The number of pyridine rings is 1. The number of hydrogen-bond acceptors (Lipinski definition) is 6. The number of carbonyl (C=O) groups excluding carboxylic acids is 1. The fourth-order valence-electron chi connectivity index (χ4n) is 2.01. The molecular formula is C17H12N4O2S. The van der Waals surface area contributed by atoms with Crippen LogP contribution in [0.4, 0.5) is 5.13 Å². The molecule has 0 saturated carbocycles. The molecule has 2 heterocycles. The van der Waals surface area contributed by atoms with Crippen molar-refractivity contribution in [2.45, 2.75) is 0 Å². The smallest absolute Gasteiger partial charge is 0.268 e. The fraction of sp³-hybridized carbons (Fsp3) is 0.0588. The summed E-state index contributed by atoms with van der Waals surface area (Å²) in [5, 5.41) is 12.3. The van der Waals surface area contributed by atoms with E-state index in [4.69, 9.17) is 4.74 Å². The number of carbonyl (C=O) groups is 1. The summed E-state index contributed by atoms with van der Waals surface area (Å²) in [5.74, 6) is 0.174. The van der Waals surface area contributed by atoms with Crippen LogP contribution in [0.15, 0.2) is 48.2 Å². The van der Waals surface area contributed by atoms with Gasteiger partial charge in [0, 0.05) is 12.3 Å². The SMILES string of the molecule is COc1ccc2sc(NC(=O)/C(C#N)=C/c3ccccn3)nc2c1. The monoisotopic (exact) mass is 336 g/mol. The van der Waals surface area contributed by atoms with Crippen molar-refractivity contribution in [2.24, 2.45) is 0 Å². The van der Waals surface area contributed by atoms with Crippen LogP contribution >= 0.6 is 11.3 Å². The third-order valence-corrected chi connectivity index (χ3v) is 4.11. The predicted molar refractivity (Wildman–Crippen MR) is 92.6 cm³/mol. The number of nitrogens with one attached hydrogen (secondary N) is 1. The largest absolute Gasteiger partial charge is 0.497 e. The van der Waals surface area contributed by atoms with Gasteiger partial charge in [-0.25, -0.2) is 4.98 Å². The topological polar surface area (TPSA) is 87.9 Å². The van der Waals surface area contributed by atoms with Gasteiger partial charge in [0.25, 0.3) is 5.91 Å². The van der Waals surface area contributed by atoms with E-state index < -0.39 is 5.91 Å². The van der Waals surface area contributed by atoms with Gasteiger partial charge in [0.2, 0.25) is 0 Å². The summed E-state index contributed by atoms with van der Waals surface area (Å²) in [5.41, 5.74) is 1.23. The molecule has 0 radical (unpaired) electrons. The van der Waals surface area contributed by atoms with Crippen molar-refractivity contribution in [3.63, 3.8) is 0 Å². The molecule has 6 nitrogen and oxygen atoms in total. The van der Waals surface area contributed by atoms with Crippen LogP contribution in [0.25, 0.3) is 16.3 Å². The van der Waals surface area contributed by atoms with Crippen LogP contribution in [0.5, 0.6) is 5.75 Å². The zero-order chi connectivity index (χ0) is 16.9. The van der Waals surface area contributed by atoms with Gasteiger partial charge in [0.05, 0.1) is 23.0 Å². The van der Waals surface area contributed by atoms with Gasteiger partial charge >= 0.3 is 0 Å². The normalized spacial score (nSPS) is 11.1. The van der Waals surface area contributed by atoms with Crippen LogP contribution in [0.2, 0.25) is 0 Å². The van der Waals surface area contributed by atoms with Crippen LogP contribution in [-0.2, 0) is 4.79 Å². The Hall–Kier alpha value is -3.24. The minimum Gasteiger partial charge on any atom is -0.497 e. The summed E-state index contributed by atoms with van der Waals surface area (Å²) in [6.07, 6.45) is 3.03. The molecule has 1 amide bonds. The van der Waals surface area contributed by atoms with Crippen molar-refractivity contribution in [3.8, 4) is 11.8 Å². The lowest BCUT2D eigenvalue weighted by Gasteiger charge is -1.99. The zero-order valence-corrected chi connectivity index (χ0v) is 13.5. The van der Waals surface area contributed by atoms with Crippen molar-refractivity contribution in [1.29, 1.82) is 5.26 Å². The van der Waals surface area contributed by atoms with Gasteiger partial charge < -0.3 is 4.74 Å². The van der Waals surface area contributed by atoms with E-state index in [1.807, 2.05) is 18.2 Å². The van der Waals surface area contributed by atoms with E-state index in [1.165, 1.54) is 17.4 Å². The van der Waals surface area contributed by atoms with E-state index in [0.29, 0.717) is 16.6 Å². The zero-order valence-electron chi connectivity index (χ0n) is 12.7. The van der Waals surface area contributed by atoms with Crippen LogP contribution in [-0.4, -0.2) is 23.0 Å². The Bertz CT molecular complexity index is 958. The molecule has 2 aromatic heterocycles. The third-order valence-electron chi connectivity index (χ3n) is 3.16. The van der Waals surface area contributed by atoms with Gasteiger partial charge in [-0.2, -0.15) is 5.26 Å². The highest BCUT2D eigenvalue weighted by atomic mass is 32.1. The lowest BCUT2D eigenvalue weighted by Crippen LogP contribution is -2.13. The molecule has 118 valence electrons. The molecule has 0 fully saturated rings. The van der Waals surface area contributed by atoms with Gasteiger partial charge in [-0.3, -0.25) is 15.1 Å². The summed E-state index contributed by atoms with van der Waals surface area (Å²) < 4.78 is 6.07. The molecule has 0 aliphatic heterocycles. The second kappa shape index (κ2) is 6.89. The second-order valence-corrected chi connectivity index (χ2v) is 5.76. The number of nitriles is 1. The van der Waals surface area contributed by atoms with Gasteiger partial charge in [0.15, 0.2) is 5.13 Å². The number of hydrogen-bond donors (Lipinski definition) is 1. The van der Waals surface area contributed by atoms with E-state index in [9.17, 15) is 10.1 Å². The van der Waals surface area contributed by atoms with E-state index >= 15 is 0 Å². The number of thiazole rings is 1. The average molecular weight is 336 g/mol. The van der Waals surface area contributed by atoms with Gasteiger partial charge in [-0.05, 0) is 30.3 Å². The van der Waals surface area contributed by atoms with Crippen molar-refractivity contribution < 1.29 is 9.53 Å². The van der Waals surface area contributed by atoms with Crippen LogP contribution in [0, 0.1) is 11.3 Å². The van der Waals surface area contributed by atoms with Gasteiger partial charge in [-0.15, -0.1) is 0 Å². The summed E-state index contributed by atoms with van der Waals surface area (Å²) in [7, 11) is 1.58. The molecule has 0 atom stereocenters. The number of anilines is 1. The predicted octanol–water partition coefficient (Wildman–Crippen LogP) is 3.25. The maximum atomic E-state index is 12.3. The van der Waals surface area contributed by atoms with Gasteiger partial charge in [0.1, 0.15) is 17.4 Å². The van der Waals surface area contributed by atoms with Gasteiger partial charge in [-0.1, -0.05) is 17.4 Å². The Morgan fingerprint density at radius 2 is 2.25 bits per heavy atom. The van der Waals surface area contributed by atoms with Crippen molar-refractivity contribution in [3.05, 3.63) is 53.9 Å². The Labute approximate surface area is 142 Å². The second-order valence-electron chi connectivity index (χ2n) is 4.73. The number of fused-ring (bicyclic) bond motifs is 1. The third kappa shape index (κ3) is 3.39. The molecule has 3 aromatic rings. The molecule has 24 heavy (non-hydrogen) atoms. The highest BCUT2D eigenvalue weighted by Gasteiger charge is 2.13.